The maximum atomic E-state index is 13.8. The molecule has 0 atom stereocenters. The largest absolute Gasteiger partial charge is 0.469 e. The molecule has 1 aliphatic rings. The Morgan fingerprint density at radius 3 is 2.54 bits per heavy atom. The Morgan fingerprint density at radius 2 is 1.88 bits per heavy atom. The fraction of sp³-hybridized carbons (Fsp3) is 0.333. The Bertz CT molecular complexity index is 747. The molecule has 1 amide bonds. The van der Waals surface area contributed by atoms with Crippen LogP contribution in [-0.4, -0.2) is 37.0 Å². The molecule has 1 aromatic heterocycles. The van der Waals surface area contributed by atoms with E-state index in [-0.39, 0.29) is 23.6 Å². The Kier molecular flexibility index (Phi) is 4.64. The second-order valence-corrected chi connectivity index (χ2v) is 5.73. The summed E-state index contributed by atoms with van der Waals surface area (Å²) in [6.45, 7) is 0.933. The lowest BCUT2D eigenvalue weighted by molar-refractivity contribution is -0.146. The van der Waals surface area contributed by atoms with E-state index in [4.69, 9.17) is 9.15 Å². The summed E-state index contributed by atoms with van der Waals surface area (Å²) in [6.07, 6.45) is 1.14. The van der Waals surface area contributed by atoms with Crippen LogP contribution in [0, 0.1) is 11.7 Å². The zero-order chi connectivity index (χ0) is 17.1. The number of rotatable bonds is 3. The fourth-order valence-electron chi connectivity index (χ4n) is 2.90. The van der Waals surface area contributed by atoms with E-state index in [2.05, 4.69) is 0 Å². The molecule has 24 heavy (non-hydrogen) atoms. The highest BCUT2D eigenvalue weighted by atomic mass is 19.1. The molecular formula is C18H18FNO4. The zero-order valence-corrected chi connectivity index (χ0v) is 13.3. The third-order valence-electron chi connectivity index (χ3n) is 4.27. The van der Waals surface area contributed by atoms with Crippen molar-refractivity contribution in [2.45, 2.75) is 12.8 Å². The number of ether oxygens (including phenoxy) is 1. The normalized spacial score (nSPS) is 15.3. The van der Waals surface area contributed by atoms with Crippen molar-refractivity contribution in [3.63, 3.8) is 0 Å². The lowest BCUT2D eigenvalue weighted by Crippen LogP contribution is -2.40. The first-order chi connectivity index (χ1) is 11.6. The highest BCUT2D eigenvalue weighted by Crippen LogP contribution is 2.26. The number of piperidine rings is 1. The molecule has 6 heteroatoms. The second kappa shape index (κ2) is 6.86. The molecule has 0 saturated carbocycles. The summed E-state index contributed by atoms with van der Waals surface area (Å²) in [6, 6.07) is 9.39. The lowest BCUT2D eigenvalue weighted by atomic mass is 9.97. The molecule has 0 spiro atoms. The first kappa shape index (κ1) is 16.2. The molecule has 0 aliphatic carbocycles. The fourth-order valence-corrected chi connectivity index (χ4v) is 2.90. The van der Waals surface area contributed by atoms with E-state index in [9.17, 15) is 14.0 Å². The van der Waals surface area contributed by atoms with Gasteiger partial charge >= 0.3 is 5.97 Å². The van der Waals surface area contributed by atoms with Gasteiger partial charge in [0.15, 0.2) is 5.76 Å². The maximum Gasteiger partial charge on any atom is 0.308 e. The highest BCUT2D eigenvalue weighted by Gasteiger charge is 2.29. The third-order valence-corrected chi connectivity index (χ3v) is 4.27. The Balaban J connectivity index is 1.69. The van der Waals surface area contributed by atoms with Gasteiger partial charge in [0, 0.05) is 13.1 Å². The predicted octanol–water partition coefficient (Wildman–Crippen LogP) is 3.11. The molecule has 1 aromatic carbocycles. The number of likely N-dealkylation sites (tertiary alicyclic amines) is 1. The average Bonchev–Trinajstić information content (AvgIpc) is 3.11. The molecule has 0 bridgehead atoms. The van der Waals surface area contributed by atoms with Crippen molar-refractivity contribution in [1.29, 1.82) is 0 Å². The third kappa shape index (κ3) is 3.18. The second-order valence-electron chi connectivity index (χ2n) is 5.73. The number of hydrogen-bond donors (Lipinski definition) is 0. The summed E-state index contributed by atoms with van der Waals surface area (Å²) < 4.78 is 24.1. The number of esters is 1. The van der Waals surface area contributed by atoms with E-state index < -0.39 is 5.82 Å². The molecule has 2 aromatic rings. The van der Waals surface area contributed by atoms with Gasteiger partial charge in [-0.15, -0.1) is 0 Å². The monoisotopic (exact) mass is 331 g/mol. The summed E-state index contributed by atoms with van der Waals surface area (Å²) >= 11 is 0. The first-order valence-electron chi connectivity index (χ1n) is 7.82. The van der Waals surface area contributed by atoms with Crippen molar-refractivity contribution in [3.8, 4) is 11.3 Å². The molecule has 3 rings (SSSR count). The zero-order valence-electron chi connectivity index (χ0n) is 13.3. The van der Waals surface area contributed by atoms with Crippen LogP contribution in [0.3, 0.4) is 0 Å². The van der Waals surface area contributed by atoms with Crippen molar-refractivity contribution < 1.29 is 23.1 Å². The number of carbonyl (C=O) groups is 2. The van der Waals surface area contributed by atoms with Gasteiger partial charge in [-0.2, -0.15) is 0 Å². The van der Waals surface area contributed by atoms with Crippen LogP contribution >= 0.6 is 0 Å². The van der Waals surface area contributed by atoms with Crippen LogP contribution in [0.5, 0.6) is 0 Å². The number of nitrogens with zero attached hydrogens (tertiary/aromatic N) is 1. The molecule has 1 aliphatic heterocycles. The van der Waals surface area contributed by atoms with Gasteiger partial charge in [-0.25, -0.2) is 4.39 Å². The Hall–Kier alpha value is -2.63. The summed E-state index contributed by atoms with van der Waals surface area (Å²) in [7, 11) is 1.37. The van der Waals surface area contributed by atoms with Crippen LogP contribution < -0.4 is 0 Å². The molecule has 0 radical (unpaired) electrons. The van der Waals surface area contributed by atoms with Crippen LogP contribution in [0.1, 0.15) is 23.4 Å². The van der Waals surface area contributed by atoms with Gasteiger partial charge in [-0.05, 0) is 37.1 Å². The summed E-state index contributed by atoms with van der Waals surface area (Å²) in [5.41, 5.74) is 0.320. The van der Waals surface area contributed by atoms with Gasteiger partial charge in [0.25, 0.3) is 5.91 Å². The van der Waals surface area contributed by atoms with Crippen LogP contribution in [0.15, 0.2) is 40.8 Å². The van der Waals surface area contributed by atoms with Crippen molar-refractivity contribution in [1.82, 2.24) is 4.90 Å². The number of halogens is 1. The molecule has 0 unspecified atom stereocenters. The molecular weight excluding hydrogens is 313 g/mol. The van der Waals surface area contributed by atoms with Crippen molar-refractivity contribution >= 4 is 11.9 Å². The van der Waals surface area contributed by atoms with Gasteiger partial charge in [-0.3, -0.25) is 9.59 Å². The van der Waals surface area contributed by atoms with Gasteiger partial charge in [0.2, 0.25) is 0 Å². The minimum atomic E-state index is -0.398. The van der Waals surface area contributed by atoms with E-state index in [0.717, 1.165) is 0 Å². The molecule has 1 saturated heterocycles. The highest BCUT2D eigenvalue weighted by molar-refractivity contribution is 5.92. The minimum Gasteiger partial charge on any atom is -0.469 e. The SMILES string of the molecule is COC(=O)C1CCN(C(=O)c2ccc(-c3ccccc3F)o2)CC1. The number of methoxy groups -OCH3 is 1. The average molecular weight is 331 g/mol. The van der Waals surface area contributed by atoms with Crippen LogP contribution in [0.2, 0.25) is 0 Å². The van der Waals surface area contributed by atoms with Crippen molar-refractivity contribution in [2.24, 2.45) is 5.92 Å². The number of amides is 1. The number of carbonyl (C=O) groups excluding carboxylic acids is 2. The molecule has 5 nitrogen and oxygen atoms in total. The first-order valence-corrected chi connectivity index (χ1v) is 7.82. The standard InChI is InChI=1S/C18H18FNO4/c1-23-18(22)12-8-10-20(11-9-12)17(21)16-7-6-15(24-16)13-4-2-3-5-14(13)19/h2-7,12H,8-11H2,1H3. The van der Waals surface area contributed by atoms with E-state index in [1.54, 1.807) is 35.2 Å². The number of hydrogen-bond acceptors (Lipinski definition) is 4. The van der Waals surface area contributed by atoms with Crippen molar-refractivity contribution in [2.75, 3.05) is 20.2 Å². The van der Waals surface area contributed by atoms with Gasteiger partial charge in [0.05, 0.1) is 18.6 Å². The van der Waals surface area contributed by atoms with Crippen LogP contribution in [0.25, 0.3) is 11.3 Å². The number of furan rings is 1. The summed E-state index contributed by atoms with van der Waals surface area (Å²) in [5, 5.41) is 0. The summed E-state index contributed by atoms with van der Waals surface area (Å²) in [4.78, 5) is 25.7. The molecule has 0 N–H and O–H groups in total. The Labute approximate surface area is 139 Å². The van der Waals surface area contributed by atoms with Gasteiger partial charge in [-0.1, -0.05) is 12.1 Å². The van der Waals surface area contributed by atoms with Crippen LogP contribution in [-0.2, 0) is 9.53 Å². The Morgan fingerprint density at radius 1 is 1.17 bits per heavy atom. The maximum absolute atomic E-state index is 13.8. The quantitative estimate of drug-likeness (QED) is 0.811. The lowest BCUT2D eigenvalue weighted by Gasteiger charge is -2.30. The topological polar surface area (TPSA) is 59.8 Å². The van der Waals surface area contributed by atoms with E-state index in [1.807, 2.05) is 0 Å². The van der Waals surface area contributed by atoms with Gasteiger partial charge in [0.1, 0.15) is 11.6 Å². The van der Waals surface area contributed by atoms with E-state index in [1.165, 1.54) is 13.2 Å². The number of benzene rings is 1. The summed E-state index contributed by atoms with van der Waals surface area (Å²) in [5.74, 6) is -0.553. The minimum absolute atomic E-state index is 0.162. The van der Waals surface area contributed by atoms with Crippen LogP contribution in [0.4, 0.5) is 4.39 Å². The van der Waals surface area contributed by atoms with Gasteiger partial charge < -0.3 is 14.1 Å². The predicted molar refractivity (Wildman–Crippen MR) is 84.7 cm³/mol. The van der Waals surface area contributed by atoms with Crippen molar-refractivity contribution in [3.05, 3.63) is 48.0 Å². The van der Waals surface area contributed by atoms with E-state index in [0.29, 0.717) is 37.3 Å². The molecule has 1 fully saturated rings. The van der Waals surface area contributed by atoms with E-state index >= 15 is 0 Å². The molecule has 2 heterocycles. The smallest absolute Gasteiger partial charge is 0.308 e. The molecule has 126 valence electrons.